The number of carbonyl (C=O) groups is 2. The van der Waals surface area contributed by atoms with Crippen molar-refractivity contribution in [1.82, 2.24) is 10.2 Å². The molecule has 1 saturated carbocycles. The highest BCUT2D eigenvalue weighted by atomic mass is 35.5. The monoisotopic (exact) mass is 473 g/mol. The van der Waals surface area contributed by atoms with Gasteiger partial charge in [-0.2, -0.15) is 0 Å². The minimum Gasteiger partial charge on any atom is -0.344 e. The molecule has 1 aliphatic carbocycles. The summed E-state index contributed by atoms with van der Waals surface area (Å²) in [5.41, 5.74) is 7.26. The molecule has 3 rings (SSSR count). The zero-order chi connectivity index (χ0) is 24.4. The van der Waals surface area contributed by atoms with E-state index >= 15 is 0 Å². The van der Waals surface area contributed by atoms with Gasteiger partial charge < -0.3 is 16.0 Å². The molecule has 6 heteroatoms. The Morgan fingerprint density at radius 2 is 1.94 bits per heavy atom. The number of nitrogens with one attached hydrogen (secondary N) is 1. The summed E-state index contributed by atoms with van der Waals surface area (Å²) in [6.45, 7) is 13.6. The van der Waals surface area contributed by atoms with Gasteiger partial charge in [0.15, 0.2) is 0 Å². The first kappa shape index (κ1) is 25.8. The van der Waals surface area contributed by atoms with E-state index in [1.807, 2.05) is 37.0 Å². The summed E-state index contributed by atoms with van der Waals surface area (Å²) in [7, 11) is 0. The third-order valence-electron chi connectivity index (χ3n) is 7.61. The lowest BCUT2D eigenvalue weighted by atomic mass is 9.70. The van der Waals surface area contributed by atoms with Gasteiger partial charge in [0.05, 0.1) is 0 Å². The fraction of sp³-hybridized carbons (Fsp3) is 0.630. The molecule has 1 aromatic rings. The van der Waals surface area contributed by atoms with Gasteiger partial charge in [-0.1, -0.05) is 57.5 Å². The lowest BCUT2D eigenvalue weighted by molar-refractivity contribution is -0.141. The summed E-state index contributed by atoms with van der Waals surface area (Å²) in [6.07, 6.45) is 5.64. The highest BCUT2D eigenvalue weighted by Crippen LogP contribution is 2.42. The van der Waals surface area contributed by atoms with E-state index in [1.165, 1.54) is 5.56 Å². The van der Waals surface area contributed by atoms with Crippen LogP contribution in [0, 0.1) is 17.3 Å². The highest BCUT2D eigenvalue weighted by molar-refractivity contribution is 6.30. The van der Waals surface area contributed by atoms with E-state index < -0.39 is 6.04 Å². The number of amides is 2. The Labute approximate surface area is 204 Å². The van der Waals surface area contributed by atoms with Gasteiger partial charge in [0.25, 0.3) is 0 Å². The lowest BCUT2D eigenvalue weighted by Gasteiger charge is -2.46. The molecule has 1 aliphatic heterocycles. The van der Waals surface area contributed by atoms with Crippen LogP contribution in [-0.4, -0.2) is 41.4 Å². The summed E-state index contributed by atoms with van der Waals surface area (Å²) in [4.78, 5) is 28.6. The van der Waals surface area contributed by atoms with Crippen molar-refractivity contribution in [3.63, 3.8) is 0 Å². The average molecular weight is 474 g/mol. The van der Waals surface area contributed by atoms with Crippen LogP contribution < -0.4 is 11.1 Å². The number of rotatable bonds is 7. The number of carbonyl (C=O) groups excluding carboxylic acids is 2. The molecule has 1 saturated heterocycles. The number of piperidine rings is 1. The van der Waals surface area contributed by atoms with Gasteiger partial charge in [-0.3, -0.25) is 9.59 Å². The minimum absolute atomic E-state index is 0.00997. The van der Waals surface area contributed by atoms with Crippen LogP contribution in [0.5, 0.6) is 0 Å². The molecular formula is C27H40ClN3O2. The van der Waals surface area contributed by atoms with E-state index in [0.29, 0.717) is 31.8 Å². The maximum Gasteiger partial charge on any atom is 0.245 e. The van der Waals surface area contributed by atoms with Crippen LogP contribution in [0.4, 0.5) is 0 Å². The fourth-order valence-corrected chi connectivity index (χ4v) is 5.82. The van der Waals surface area contributed by atoms with Gasteiger partial charge in [0.1, 0.15) is 6.04 Å². The van der Waals surface area contributed by atoms with Crippen LogP contribution in [0.25, 0.3) is 0 Å². The first-order valence-electron chi connectivity index (χ1n) is 12.2. The Balaban J connectivity index is 1.66. The second-order valence-electron chi connectivity index (χ2n) is 11.2. The quantitative estimate of drug-likeness (QED) is 0.553. The van der Waals surface area contributed by atoms with E-state index in [4.69, 9.17) is 17.3 Å². The lowest BCUT2D eigenvalue weighted by Crippen LogP contribution is -2.56. The van der Waals surface area contributed by atoms with Crippen molar-refractivity contribution < 1.29 is 9.59 Å². The maximum absolute atomic E-state index is 13.6. The molecule has 4 atom stereocenters. The third kappa shape index (κ3) is 5.99. The van der Waals surface area contributed by atoms with Gasteiger partial charge in [-0.15, -0.1) is 6.58 Å². The maximum atomic E-state index is 13.6. The van der Waals surface area contributed by atoms with Crippen LogP contribution in [-0.2, 0) is 9.59 Å². The summed E-state index contributed by atoms with van der Waals surface area (Å²) in [5.74, 6) is 0.191. The highest BCUT2D eigenvalue weighted by Gasteiger charge is 2.42. The minimum atomic E-state index is -0.521. The molecule has 4 unspecified atom stereocenters. The Hall–Kier alpha value is -1.85. The van der Waals surface area contributed by atoms with Crippen molar-refractivity contribution in [2.24, 2.45) is 23.0 Å². The zero-order valence-corrected chi connectivity index (χ0v) is 21.3. The molecule has 2 aliphatic rings. The van der Waals surface area contributed by atoms with E-state index in [-0.39, 0.29) is 34.6 Å². The fourth-order valence-electron chi connectivity index (χ4n) is 5.69. The predicted octanol–water partition coefficient (Wildman–Crippen LogP) is 4.90. The van der Waals surface area contributed by atoms with Crippen molar-refractivity contribution in [1.29, 1.82) is 0 Å². The van der Waals surface area contributed by atoms with E-state index in [1.54, 1.807) is 0 Å². The Morgan fingerprint density at radius 1 is 1.27 bits per heavy atom. The molecule has 2 fully saturated rings. The Kier molecular flexibility index (Phi) is 7.95. The first-order chi connectivity index (χ1) is 15.5. The summed E-state index contributed by atoms with van der Waals surface area (Å²) in [6, 6.07) is 7.53. The first-order valence-corrected chi connectivity index (χ1v) is 12.6. The van der Waals surface area contributed by atoms with Crippen molar-refractivity contribution >= 4 is 23.4 Å². The largest absolute Gasteiger partial charge is 0.344 e. The molecule has 0 bridgehead atoms. The van der Waals surface area contributed by atoms with Crippen LogP contribution >= 0.6 is 11.6 Å². The molecule has 1 heterocycles. The number of nitrogens with zero attached hydrogens (tertiary/aromatic N) is 1. The number of halogens is 1. The van der Waals surface area contributed by atoms with Crippen LogP contribution in [0.15, 0.2) is 36.9 Å². The van der Waals surface area contributed by atoms with Crippen LogP contribution in [0.3, 0.4) is 0 Å². The standard InChI is InChI=1S/C27H40ClN3O2/c1-6-13-27(29)14-11-20(16-27)24(32)30-23(18(2)3)25(33)31-15-12-22(26(4,5)17-31)19-7-9-21(28)10-8-19/h6-10,18,20,22-23H,1,11-17,29H2,2-5H3,(H,30,32). The van der Waals surface area contributed by atoms with Crippen molar-refractivity contribution in [2.45, 2.75) is 77.3 Å². The molecule has 5 nitrogen and oxygen atoms in total. The average Bonchev–Trinajstić information content (AvgIpc) is 3.13. The Morgan fingerprint density at radius 3 is 2.52 bits per heavy atom. The SMILES string of the molecule is C=CCC1(N)CCC(C(=O)NC(C(=O)N2CCC(c3ccc(Cl)cc3)C(C)(C)C2)C(C)C)C1. The third-order valence-corrected chi connectivity index (χ3v) is 7.86. The number of hydrogen-bond acceptors (Lipinski definition) is 3. The normalized spacial score (nSPS) is 27.9. The van der Waals surface area contributed by atoms with Crippen molar-refractivity contribution in [2.75, 3.05) is 13.1 Å². The molecule has 182 valence electrons. The van der Waals surface area contributed by atoms with E-state index in [2.05, 4.69) is 37.9 Å². The van der Waals surface area contributed by atoms with E-state index in [0.717, 1.165) is 24.3 Å². The second kappa shape index (κ2) is 10.2. The second-order valence-corrected chi connectivity index (χ2v) is 11.6. The molecule has 33 heavy (non-hydrogen) atoms. The topological polar surface area (TPSA) is 75.4 Å². The number of nitrogens with two attached hydrogens (primary N) is 1. The summed E-state index contributed by atoms with van der Waals surface area (Å²) in [5, 5.41) is 3.82. The van der Waals surface area contributed by atoms with Gasteiger partial charge in [-0.25, -0.2) is 0 Å². The van der Waals surface area contributed by atoms with Gasteiger partial charge >= 0.3 is 0 Å². The van der Waals surface area contributed by atoms with Gasteiger partial charge in [0, 0.05) is 29.6 Å². The molecule has 3 N–H and O–H groups in total. The smallest absolute Gasteiger partial charge is 0.245 e. The molecule has 1 aromatic carbocycles. The molecule has 0 spiro atoms. The predicted molar refractivity (Wildman–Crippen MR) is 135 cm³/mol. The van der Waals surface area contributed by atoms with Crippen LogP contribution in [0.1, 0.15) is 71.3 Å². The number of benzene rings is 1. The molecular weight excluding hydrogens is 434 g/mol. The van der Waals surface area contributed by atoms with Crippen molar-refractivity contribution in [3.8, 4) is 0 Å². The van der Waals surface area contributed by atoms with Crippen molar-refractivity contribution in [3.05, 3.63) is 47.5 Å². The summed E-state index contributed by atoms with van der Waals surface area (Å²) >= 11 is 6.07. The summed E-state index contributed by atoms with van der Waals surface area (Å²) < 4.78 is 0. The Bertz CT molecular complexity index is 867. The number of likely N-dealkylation sites (tertiary alicyclic amines) is 1. The molecule has 2 amide bonds. The zero-order valence-electron chi connectivity index (χ0n) is 20.6. The molecule has 0 radical (unpaired) electrons. The van der Waals surface area contributed by atoms with Crippen LogP contribution in [0.2, 0.25) is 5.02 Å². The van der Waals surface area contributed by atoms with Gasteiger partial charge in [0.2, 0.25) is 11.8 Å². The molecule has 0 aromatic heterocycles. The van der Waals surface area contributed by atoms with E-state index in [9.17, 15) is 9.59 Å². The number of hydrogen-bond donors (Lipinski definition) is 2. The van der Waals surface area contributed by atoms with Gasteiger partial charge in [-0.05, 0) is 67.1 Å².